The molecule has 0 radical (unpaired) electrons. The summed E-state index contributed by atoms with van der Waals surface area (Å²) in [5.74, 6) is 0.217. The second-order valence-corrected chi connectivity index (χ2v) is 11.2. The maximum atomic E-state index is 12.9. The van der Waals surface area contributed by atoms with Gasteiger partial charge in [-0.15, -0.1) is 0 Å². The van der Waals surface area contributed by atoms with Crippen molar-refractivity contribution in [2.75, 3.05) is 0 Å². The van der Waals surface area contributed by atoms with E-state index in [0.29, 0.717) is 5.75 Å². The Morgan fingerprint density at radius 3 is 1.67 bits per heavy atom. The molecule has 0 saturated carbocycles. The smallest absolute Gasteiger partial charge is 0.407 e. The molecular weight excluding hydrogens is 247 g/mol. The van der Waals surface area contributed by atoms with Gasteiger partial charge in [-0.3, -0.25) is 0 Å². The highest BCUT2D eigenvalue weighted by molar-refractivity contribution is 6.72. The lowest BCUT2D eigenvalue weighted by molar-refractivity contribution is 0.283. The molecule has 0 fully saturated rings. The molecule has 0 aliphatic rings. The molecule has 1 aromatic carbocycles. The normalized spacial score (nSPS) is 13.6. The monoisotopic (exact) mass is 270 g/mol. The van der Waals surface area contributed by atoms with Gasteiger partial charge in [0.1, 0.15) is 11.6 Å². The van der Waals surface area contributed by atoms with Crippen molar-refractivity contribution >= 4 is 8.56 Å². The molecule has 0 aliphatic carbocycles. The van der Waals surface area contributed by atoms with Crippen molar-refractivity contribution in [2.45, 2.75) is 51.6 Å². The highest BCUT2D eigenvalue weighted by Gasteiger charge is 2.57. The average molecular weight is 270 g/mol. The van der Waals surface area contributed by atoms with Crippen LogP contribution < -0.4 is 4.43 Å². The predicted molar refractivity (Wildman–Crippen MR) is 74.4 cm³/mol. The van der Waals surface area contributed by atoms with Crippen LogP contribution in [-0.4, -0.2) is 13.4 Å². The van der Waals surface area contributed by atoms with E-state index in [-0.39, 0.29) is 15.9 Å². The molecule has 0 amide bonds. The minimum absolute atomic E-state index is 0.306. The van der Waals surface area contributed by atoms with Crippen LogP contribution >= 0.6 is 0 Å². The highest BCUT2D eigenvalue weighted by Crippen LogP contribution is 2.49. The van der Waals surface area contributed by atoms with E-state index < -0.39 is 8.56 Å². The maximum Gasteiger partial charge on any atom is 0.407 e. The second-order valence-electron chi connectivity index (χ2n) is 6.70. The van der Waals surface area contributed by atoms with Gasteiger partial charge in [-0.1, -0.05) is 41.5 Å². The Bertz CT molecular complexity index is 387. The molecule has 1 aromatic rings. The van der Waals surface area contributed by atoms with Gasteiger partial charge < -0.3 is 9.22 Å². The maximum absolute atomic E-state index is 12.9. The fraction of sp³-hybridized carbons (Fsp3) is 0.571. The molecule has 0 heterocycles. The number of rotatable bonds is 2. The third-order valence-electron chi connectivity index (χ3n) is 3.11. The van der Waals surface area contributed by atoms with E-state index in [1.165, 1.54) is 12.1 Å². The zero-order chi connectivity index (χ0) is 14.2. The summed E-state index contributed by atoms with van der Waals surface area (Å²) in [4.78, 5) is 11.0. The Morgan fingerprint density at radius 2 is 1.33 bits per heavy atom. The molecule has 2 nitrogen and oxygen atoms in total. The fourth-order valence-corrected chi connectivity index (χ4v) is 5.44. The quantitative estimate of drug-likeness (QED) is 0.815. The van der Waals surface area contributed by atoms with E-state index in [1.807, 2.05) is 41.5 Å². The molecule has 1 N–H and O–H groups in total. The minimum atomic E-state index is -3.03. The summed E-state index contributed by atoms with van der Waals surface area (Å²) in [5, 5.41) is -0.667. The van der Waals surface area contributed by atoms with Crippen LogP contribution in [0, 0.1) is 5.82 Å². The molecule has 18 heavy (non-hydrogen) atoms. The molecule has 0 unspecified atom stereocenters. The average Bonchev–Trinajstić information content (AvgIpc) is 2.18. The lowest BCUT2D eigenvalue weighted by Gasteiger charge is -2.45. The standard InChI is InChI=1S/C14H23FO2Si/c1-13(2,3)18(16,14(4,5)6)17-12-9-7-11(15)8-10-12/h7-10,16H,1-6H3. The lowest BCUT2D eigenvalue weighted by atomic mass is 10.2. The summed E-state index contributed by atoms with van der Waals surface area (Å²) in [6, 6.07) is 5.81. The number of hydrogen-bond acceptors (Lipinski definition) is 2. The Labute approximate surface area is 110 Å². The van der Waals surface area contributed by atoms with Gasteiger partial charge >= 0.3 is 8.56 Å². The third kappa shape index (κ3) is 2.92. The van der Waals surface area contributed by atoms with Gasteiger partial charge in [0.05, 0.1) is 0 Å². The molecule has 102 valence electrons. The summed E-state index contributed by atoms with van der Waals surface area (Å²) in [6.07, 6.45) is 0. The zero-order valence-electron chi connectivity index (χ0n) is 12.0. The van der Waals surface area contributed by atoms with Gasteiger partial charge in [-0.2, -0.15) is 0 Å². The van der Waals surface area contributed by atoms with Gasteiger partial charge in [-0.25, -0.2) is 4.39 Å². The van der Waals surface area contributed by atoms with E-state index in [2.05, 4.69) is 0 Å². The van der Waals surface area contributed by atoms with Crippen LogP contribution in [0.5, 0.6) is 5.75 Å². The number of benzene rings is 1. The van der Waals surface area contributed by atoms with Gasteiger partial charge in [0.2, 0.25) is 0 Å². The Kier molecular flexibility index (Phi) is 3.94. The summed E-state index contributed by atoms with van der Waals surface area (Å²) >= 11 is 0. The number of halogens is 1. The van der Waals surface area contributed by atoms with Crippen LogP contribution in [0.1, 0.15) is 41.5 Å². The van der Waals surface area contributed by atoms with Crippen molar-refractivity contribution in [3.8, 4) is 5.75 Å². The van der Waals surface area contributed by atoms with Crippen LogP contribution in [0.3, 0.4) is 0 Å². The SMILES string of the molecule is CC(C)(C)[Si](O)(Oc1ccc(F)cc1)C(C)(C)C. The second kappa shape index (κ2) is 4.66. The Hall–Kier alpha value is -0.873. The van der Waals surface area contributed by atoms with Crippen molar-refractivity contribution in [1.82, 2.24) is 0 Å². The van der Waals surface area contributed by atoms with Gasteiger partial charge in [0.15, 0.2) is 0 Å². The zero-order valence-corrected chi connectivity index (χ0v) is 13.0. The van der Waals surface area contributed by atoms with Crippen LogP contribution in [0.15, 0.2) is 24.3 Å². The largest absolute Gasteiger partial charge is 0.520 e. The van der Waals surface area contributed by atoms with E-state index in [4.69, 9.17) is 4.43 Å². The third-order valence-corrected chi connectivity index (χ3v) is 7.71. The number of hydrogen-bond donors (Lipinski definition) is 1. The Balaban J connectivity index is 3.12. The summed E-state index contributed by atoms with van der Waals surface area (Å²) in [7, 11) is -3.03. The highest BCUT2D eigenvalue weighted by atomic mass is 28.4. The molecule has 0 spiro atoms. The lowest BCUT2D eigenvalue weighted by Crippen LogP contribution is -2.57. The topological polar surface area (TPSA) is 29.5 Å². The first-order valence-electron chi connectivity index (χ1n) is 6.14. The minimum Gasteiger partial charge on any atom is -0.520 e. The molecule has 0 aliphatic heterocycles. The van der Waals surface area contributed by atoms with Crippen LogP contribution in [0.2, 0.25) is 10.1 Å². The molecule has 0 bridgehead atoms. The van der Waals surface area contributed by atoms with Crippen molar-refractivity contribution in [3.05, 3.63) is 30.1 Å². The van der Waals surface area contributed by atoms with E-state index in [0.717, 1.165) is 0 Å². The van der Waals surface area contributed by atoms with Crippen molar-refractivity contribution in [1.29, 1.82) is 0 Å². The van der Waals surface area contributed by atoms with E-state index in [1.54, 1.807) is 12.1 Å². The van der Waals surface area contributed by atoms with Crippen molar-refractivity contribution in [3.63, 3.8) is 0 Å². The fourth-order valence-electron chi connectivity index (χ4n) is 2.10. The van der Waals surface area contributed by atoms with Crippen molar-refractivity contribution < 1.29 is 13.6 Å². The van der Waals surface area contributed by atoms with Gasteiger partial charge in [0, 0.05) is 10.1 Å². The molecule has 0 saturated heterocycles. The van der Waals surface area contributed by atoms with Crippen molar-refractivity contribution in [2.24, 2.45) is 0 Å². The molecule has 4 heteroatoms. The van der Waals surface area contributed by atoms with E-state index in [9.17, 15) is 9.19 Å². The molecular formula is C14H23FO2Si. The molecule has 0 atom stereocenters. The van der Waals surface area contributed by atoms with E-state index >= 15 is 0 Å². The first kappa shape index (κ1) is 15.2. The Morgan fingerprint density at radius 1 is 0.944 bits per heavy atom. The first-order valence-corrected chi connectivity index (χ1v) is 8.00. The first-order chi connectivity index (χ1) is 7.97. The summed E-state index contributed by atoms with van der Waals surface area (Å²) in [5.41, 5.74) is 0. The van der Waals surface area contributed by atoms with Gasteiger partial charge in [-0.05, 0) is 24.3 Å². The molecule has 1 rings (SSSR count). The van der Waals surface area contributed by atoms with Gasteiger partial charge in [0.25, 0.3) is 0 Å². The molecule has 0 aromatic heterocycles. The van der Waals surface area contributed by atoms with Crippen LogP contribution in [-0.2, 0) is 0 Å². The summed E-state index contributed by atoms with van der Waals surface area (Å²) < 4.78 is 18.8. The van der Waals surface area contributed by atoms with Crippen LogP contribution in [0.4, 0.5) is 4.39 Å². The predicted octanol–water partition coefficient (Wildman–Crippen LogP) is 4.24. The van der Waals surface area contributed by atoms with Crippen LogP contribution in [0.25, 0.3) is 0 Å². The summed E-state index contributed by atoms with van der Waals surface area (Å²) in [6.45, 7) is 11.9.